The molecule has 0 aliphatic heterocycles. The average Bonchev–Trinajstić information content (AvgIpc) is 3.12. The molecule has 0 amide bonds. The molecule has 0 aliphatic carbocycles. The monoisotopic (exact) mass is 418 g/mol. The number of para-hydroxylation sites is 1. The van der Waals surface area contributed by atoms with E-state index in [0.717, 1.165) is 15.7 Å². The summed E-state index contributed by atoms with van der Waals surface area (Å²) < 4.78 is 2.67. The van der Waals surface area contributed by atoms with Gasteiger partial charge in [-0.3, -0.25) is 0 Å². The predicted octanol–water partition coefficient (Wildman–Crippen LogP) is 5.15. The van der Waals surface area contributed by atoms with Crippen molar-refractivity contribution in [3.63, 3.8) is 0 Å². The van der Waals surface area contributed by atoms with Crippen LogP contribution in [0.2, 0.25) is 0 Å². The lowest BCUT2D eigenvalue weighted by molar-refractivity contribution is 0.474. The highest BCUT2D eigenvalue weighted by atomic mass is 79.9. The van der Waals surface area contributed by atoms with E-state index < -0.39 is 0 Å². The van der Waals surface area contributed by atoms with Crippen molar-refractivity contribution in [2.45, 2.75) is 0 Å². The summed E-state index contributed by atoms with van der Waals surface area (Å²) in [5, 5.41) is 18.7. The fraction of sp³-hybridized carbons (Fsp3) is 0. The largest absolute Gasteiger partial charge is 0.507 e. The Morgan fingerprint density at radius 2 is 1.59 bits per heavy atom. The molecular weight excluding hydrogens is 404 g/mol. The van der Waals surface area contributed by atoms with Gasteiger partial charge in [-0.1, -0.05) is 63.6 Å². The van der Waals surface area contributed by atoms with Gasteiger partial charge in [-0.15, -0.1) is 5.10 Å². The van der Waals surface area contributed by atoms with Gasteiger partial charge in [0.15, 0.2) is 5.82 Å². The van der Waals surface area contributed by atoms with Gasteiger partial charge in [0, 0.05) is 21.8 Å². The van der Waals surface area contributed by atoms with E-state index in [-0.39, 0.29) is 5.75 Å². The Labute approximate surface area is 164 Å². The van der Waals surface area contributed by atoms with E-state index in [2.05, 4.69) is 31.2 Å². The predicted molar refractivity (Wildman–Crippen MR) is 110 cm³/mol. The summed E-state index contributed by atoms with van der Waals surface area (Å²) in [7, 11) is 0. The van der Waals surface area contributed by atoms with E-state index in [4.69, 9.17) is 0 Å². The maximum atomic E-state index is 10.0. The van der Waals surface area contributed by atoms with Crippen LogP contribution in [0.25, 0.3) is 16.9 Å². The molecule has 0 saturated heterocycles. The summed E-state index contributed by atoms with van der Waals surface area (Å²) in [5.74, 6) is 0.761. The van der Waals surface area contributed by atoms with Crippen LogP contribution in [0.1, 0.15) is 5.56 Å². The first-order valence-corrected chi connectivity index (χ1v) is 9.11. The van der Waals surface area contributed by atoms with Crippen molar-refractivity contribution in [3.8, 4) is 22.7 Å². The first-order chi connectivity index (χ1) is 13.2. The summed E-state index contributed by atoms with van der Waals surface area (Å²) in [6, 6.07) is 24.6. The van der Waals surface area contributed by atoms with Gasteiger partial charge in [0.25, 0.3) is 0 Å². The van der Waals surface area contributed by atoms with Gasteiger partial charge in [0.05, 0.1) is 5.69 Å². The Hall–Kier alpha value is -3.25. The SMILES string of the molecule is Oc1ccccc1/C=N/c1c(-c2ccccc2)nnn1-c1ccc(Br)cc1. The molecule has 0 spiro atoms. The Morgan fingerprint density at radius 1 is 0.889 bits per heavy atom. The number of benzene rings is 3. The van der Waals surface area contributed by atoms with Gasteiger partial charge in [-0.2, -0.15) is 4.68 Å². The first-order valence-electron chi connectivity index (χ1n) is 8.31. The van der Waals surface area contributed by atoms with Crippen molar-refractivity contribution in [1.82, 2.24) is 15.0 Å². The van der Waals surface area contributed by atoms with Gasteiger partial charge in [0.1, 0.15) is 11.4 Å². The standard InChI is InChI=1S/C21H15BrN4O/c22-17-10-12-18(13-11-17)26-21(23-14-16-8-4-5-9-19(16)27)20(24-25-26)15-6-2-1-3-7-15/h1-14,27H/b23-14+. The number of nitrogens with zero attached hydrogens (tertiary/aromatic N) is 4. The Morgan fingerprint density at radius 3 is 2.33 bits per heavy atom. The second kappa shape index (κ2) is 7.55. The Balaban J connectivity index is 1.84. The summed E-state index contributed by atoms with van der Waals surface area (Å²) >= 11 is 3.45. The third-order valence-corrected chi connectivity index (χ3v) is 4.56. The van der Waals surface area contributed by atoms with Crippen LogP contribution in [-0.4, -0.2) is 26.3 Å². The number of hydrogen-bond acceptors (Lipinski definition) is 4. The van der Waals surface area contributed by atoms with Crippen LogP contribution < -0.4 is 0 Å². The van der Waals surface area contributed by atoms with Crippen LogP contribution in [0.4, 0.5) is 5.82 Å². The molecule has 0 fully saturated rings. The van der Waals surface area contributed by atoms with Crippen molar-refractivity contribution < 1.29 is 5.11 Å². The molecule has 0 atom stereocenters. The summed E-state index contributed by atoms with van der Waals surface area (Å²) in [6.07, 6.45) is 1.62. The third-order valence-electron chi connectivity index (χ3n) is 4.03. The second-order valence-corrected chi connectivity index (χ2v) is 6.75. The molecule has 4 aromatic rings. The lowest BCUT2D eigenvalue weighted by Gasteiger charge is -2.05. The summed E-state index contributed by atoms with van der Waals surface area (Å²) in [5.41, 5.74) is 3.06. The third kappa shape index (κ3) is 3.66. The van der Waals surface area contributed by atoms with E-state index in [1.807, 2.05) is 60.7 Å². The molecule has 1 aromatic heterocycles. The molecule has 5 nitrogen and oxygen atoms in total. The first kappa shape index (κ1) is 17.2. The molecule has 0 aliphatic rings. The number of aliphatic imine (C=N–C) groups is 1. The summed E-state index contributed by atoms with van der Waals surface area (Å²) in [6.45, 7) is 0. The van der Waals surface area contributed by atoms with Crippen molar-refractivity contribution in [1.29, 1.82) is 0 Å². The quantitative estimate of drug-likeness (QED) is 0.465. The van der Waals surface area contributed by atoms with Gasteiger partial charge < -0.3 is 5.11 Å². The number of hydrogen-bond donors (Lipinski definition) is 1. The number of phenols is 1. The number of aromatic nitrogens is 3. The maximum absolute atomic E-state index is 10.0. The minimum absolute atomic E-state index is 0.171. The van der Waals surface area contributed by atoms with Crippen LogP contribution in [0, 0.1) is 0 Å². The average molecular weight is 419 g/mol. The molecule has 1 N–H and O–H groups in total. The van der Waals surface area contributed by atoms with Crippen molar-refractivity contribution in [2.75, 3.05) is 0 Å². The van der Waals surface area contributed by atoms with E-state index in [0.29, 0.717) is 17.1 Å². The van der Waals surface area contributed by atoms with E-state index in [1.54, 1.807) is 29.1 Å². The zero-order valence-electron chi connectivity index (χ0n) is 14.2. The molecule has 0 bridgehead atoms. The molecular formula is C21H15BrN4O. The van der Waals surface area contributed by atoms with Crippen LogP contribution in [0.3, 0.4) is 0 Å². The van der Waals surface area contributed by atoms with Crippen LogP contribution in [0.5, 0.6) is 5.75 Å². The highest BCUT2D eigenvalue weighted by molar-refractivity contribution is 9.10. The van der Waals surface area contributed by atoms with Crippen molar-refractivity contribution >= 4 is 28.0 Å². The van der Waals surface area contributed by atoms with Crippen molar-refractivity contribution in [2.24, 2.45) is 4.99 Å². The van der Waals surface area contributed by atoms with Crippen LogP contribution in [-0.2, 0) is 0 Å². The highest BCUT2D eigenvalue weighted by Gasteiger charge is 2.15. The maximum Gasteiger partial charge on any atom is 0.184 e. The van der Waals surface area contributed by atoms with Crippen molar-refractivity contribution in [3.05, 3.63) is 88.9 Å². The molecule has 0 saturated carbocycles. The second-order valence-electron chi connectivity index (χ2n) is 5.83. The van der Waals surface area contributed by atoms with E-state index >= 15 is 0 Å². The van der Waals surface area contributed by atoms with Gasteiger partial charge in [-0.05, 0) is 36.4 Å². The minimum Gasteiger partial charge on any atom is -0.507 e. The Kier molecular flexibility index (Phi) is 4.80. The smallest absolute Gasteiger partial charge is 0.184 e. The van der Waals surface area contributed by atoms with Gasteiger partial charge >= 0.3 is 0 Å². The zero-order chi connectivity index (χ0) is 18.6. The molecule has 4 rings (SSSR count). The molecule has 0 radical (unpaired) electrons. The van der Waals surface area contributed by atoms with Gasteiger partial charge in [-0.25, -0.2) is 4.99 Å². The molecule has 3 aromatic carbocycles. The fourth-order valence-electron chi connectivity index (χ4n) is 2.66. The topological polar surface area (TPSA) is 63.3 Å². The lowest BCUT2D eigenvalue weighted by atomic mass is 10.1. The molecule has 0 unspecified atom stereocenters. The van der Waals surface area contributed by atoms with Gasteiger partial charge in [0.2, 0.25) is 0 Å². The van der Waals surface area contributed by atoms with E-state index in [1.165, 1.54) is 0 Å². The molecule has 1 heterocycles. The molecule has 6 heteroatoms. The highest BCUT2D eigenvalue weighted by Crippen LogP contribution is 2.30. The Bertz CT molecular complexity index is 1090. The number of halogens is 1. The van der Waals surface area contributed by atoms with Crippen LogP contribution in [0.15, 0.2) is 88.3 Å². The zero-order valence-corrected chi connectivity index (χ0v) is 15.8. The lowest BCUT2D eigenvalue weighted by Crippen LogP contribution is -1.96. The minimum atomic E-state index is 0.171. The van der Waals surface area contributed by atoms with Crippen LogP contribution >= 0.6 is 15.9 Å². The van der Waals surface area contributed by atoms with E-state index in [9.17, 15) is 5.11 Å². The fourth-order valence-corrected chi connectivity index (χ4v) is 2.92. The molecule has 132 valence electrons. The summed E-state index contributed by atoms with van der Waals surface area (Å²) in [4.78, 5) is 4.61. The normalized spacial score (nSPS) is 11.1. The number of rotatable bonds is 4. The number of aromatic hydroxyl groups is 1. The molecule has 27 heavy (non-hydrogen) atoms. The number of phenolic OH excluding ortho intramolecular Hbond substituents is 1.